The molecule has 5 nitrogen and oxygen atoms in total. The van der Waals surface area contributed by atoms with E-state index in [9.17, 15) is 5.11 Å². The highest BCUT2D eigenvalue weighted by Gasteiger charge is 2.33. The van der Waals surface area contributed by atoms with Crippen LogP contribution in [0.25, 0.3) is 10.8 Å². The maximum atomic E-state index is 11.1. The van der Waals surface area contributed by atoms with Gasteiger partial charge in [-0.1, -0.05) is 48.5 Å². The molecule has 1 atom stereocenters. The number of ether oxygens (including phenoxy) is 2. The third-order valence-electron chi connectivity index (χ3n) is 5.96. The smallest absolute Gasteiger partial charge is 0.132 e. The Hall–Kier alpha value is -3.99. The van der Waals surface area contributed by atoms with Gasteiger partial charge in [0.05, 0.1) is 31.7 Å². The minimum absolute atomic E-state index is 0.0691. The molecule has 0 bridgehead atoms. The van der Waals surface area contributed by atoms with Crippen molar-refractivity contribution in [2.24, 2.45) is 5.10 Å². The van der Waals surface area contributed by atoms with E-state index in [4.69, 9.17) is 14.6 Å². The summed E-state index contributed by atoms with van der Waals surface area (Å²) < 4.78 is 11.0. The Balaban J connectivity index is 1.62. The molecule has 0 aromatic heterocycles. The molecule has 0 saturated heterocycles. The predicted molar refractivity (Wildman–Crippen MR) is 128 cm³/mol. The number of phenolic OH excluding ortho intramolecular Hbond substituents is 1. The second kappa shape index (κ2) is 8.27. The van der Waals surface area contributed by atoms with Crippen molar-refractivity contribution in [1.82, 2.24) is 0 Å². The van der Waals surface area contributed by atoms with E-state index in [0.29, 0.717) is 6.42 Å². The van der Waals surface area contributed by atoms with Crippen molar-refractivity contribution in [3.63, 3.8) is 0 Å². The Kier molecular flexibility index (Phi) is 5.15. The molecule has 5 rings (SSSR count). The highest BCUT2D eigenvalue weighted by Crippen LogP contribution is 2.42. The zero-order chi connectivity index (χ0) is 22.1. The normalized spacial score (nSPS) is 15.6. The third kappa shape index (κ3) is 3.42. The molecule has 4 aromatic carbocycles. The Morgan fingerprint density at radius 1 is 0.844 bits per heavy atom. The van der Waals surface area contributed by atoms with E-state index in [1.165, 1.54) is 0 Å². The Morgan fingerprint density at radius 3 is 2.38 bits per heavy atom. The van der Waals surface area contributed by atoms with Gasteiger partial charge in [-0.05, 0) is 41.8 Å². The van der Waals surface area contributed by atoms with E-state index in [1.807, 2.05) is 83.9 Å². The van der Waals surface area contributed by atoms with Gasteiger partial charge in [0.15, 0.2) is 0 Å². The number of hydrogen-bond donors (Lipinski definition) is 1. The van der Waals surface area contributed by atoms with Crippen LogP contribution >= 0.6 is 0 Å². The predicted octanol–water partition coefficient (Wildman–Crippen LogP) is 5.92. The van der Waals surface area contributed by atoms with Crippen LogP contribution in [0.15, 0.2) is 90.0 Å². The maximum Gasteiger partial charge on any atom is 0.132 e. The van der Waals surface area contributed by atoms with Crippen molar-refractivity contribution in [2.75, 3.05) is 19.2 Å². The Bertz CT molecular complexity index is 1300. The lowest BCUT2D eigenvalue weighted by Crippen LogP contribution is -2.19. The summed E-state index contributed by atoms with van der Waals surface area (Å²) in [5.74, 6) is 1.87. The largest absolute Gasteiger partial charge is 0.507 e. The summed E-state index contributed by atoms with van der Waals surface area (Å²) in [6.07, 6.45) is 0.637. The number of hydrazone groups is 1. The minimum atomic E-state index is -0.0691. The first kappa shape index (κ1) is 19.9. The molecule has 0 fully saturated rings. The van der Waals surface area contributed by atoms with Gasteiger partial charge in [-0.25, -0.2) is 0 Å². The summed E-state index contributed by atoms with van der Waals surface area (Å²) in [4.78, 5) is 0. The van der Waals surface area contributed by atoms with E-state index < -0.39 is 0 Å². The van der Waals surface area contributed by atoms with Gasteiger partial charge in [0.25, 0.3) is 0 Å². The van der Waals surface area contributed by atoms with Gasteiger partial charge in [-0.2, -0.15) is 5.10 Å². The van der Waals surface area contributed by atoms with Gasteiger partial charge in [-0.3, -0.25) is 5.01 Å². The number of phenols is 1. The number of aromatic hydroxyl groups is 1. The molecule has 0 spiro atoms. The third-order valence-corrected chi connectivity index (χ3v) is 5.96. The summed E-state index contributed by atoms with van der Waals surface area (Å²) in [5, 5.41) is 19.9. The quantitative estimate of drug-likeness (QED) is 0.432. The number of nitrogens with zero attached hydrogens (tertiary/aromatic N) is 2. The summed E-state index contributed by atoms with van der Waals surface area (Å²) >= 11 is 0. The highest BCUT2D eigenvalue weighted by molar-refractivity contribution is 6.09. The summed E-state index contributed by atoms with van der Waals surface area (Å²) in [6, 6.07) is 27.6. The highest BCUT2D eigenvalue weighted by atomic mass is 16.5. The van der Waals surface area contributed by atoms with Crippen molar-refractivity contribution in [1.29, 1.82) is 0 Å². The van der Waals surface area contributed by atoms with E-state index in [0.717, 1.165) is 44.8 Å². The lowest BCUT2D eigenvalue weighted by Gasteiger charge is -2.25. The number of methoxy groups -OCH3 is 2. The number of para-hydroxylation sites is 1. The van der Waals surface area contributed by atoms with Crippen LogP contribution in [0.1, 0.15) is 23.6 Å². The van der Waals surface area contributed by atoms with Crippen LogP contribution in [0.3, 0.4) is 0 Å². The van der Waals surface area contributed by atoms with Gasteiger partial charge in [0.1, 0.15) is 17.2 Å². The lowest BCUT2D eigenvalue weighted by atomic mass is 9.95. The van der Waals surface area contributed by atoms with Crippen LogP contribution in [0.2, 0.25) is 0 Å². The summed E-state index contributed by atoms with van der Waals surface area (Å²) in [6.45, 7) is 0. The number of rotatable bonds is 5. The molecule has 0 amide bonds. The SMILES string of the molecule is COc1ccc(N2N=C(c3ccc4ccccc4c3O)CC2c2ccccc2OC)cc1. The lowest BCUT2D eigenvalue weighted by molar-refractivity contribution is 0.405. The zero-order valence-electron chi connectivity index (χ0n) is 18.0. The molecular formula is C27H24N2O3. The van der Waals surface area contributed by atoms with Crippen molar-refractivity contribution < 1.29 is 14.6 Å². The summed E-state index contributed by atoms with van der Waals surface area (Å²) in [5.41, 5.74) is 3.57. The van der Waals surface area contributed by atoms with Crippen LogP contribution in [-0.2, 0) is 0 Å². The molecule has 1 N–H and O–H groups in total. The monoisotopic (exact) mass is 424 g/mol. The zero-order valence-corrected chi connectivity index (χ0v) is 18.0. The van der Waals surface area contributed by atoms with Gasteiger partial charge < -0.3 is 14.6 Å². The molecule has 5 heteroatoms. The van der Waals surface area contributed by atoms with E-state index >= 15 is 0 Å². The van der Waals surface area contributed by atoms with Crippen LogP contribution in [-0.4, -0.2) is 25.0 Å². The van der Waals surface area contributed by atoms with Crippen LogP contribution in [0.4, 0.5) is 5.69 Å². The van der Waals surface area contributed by atoms with E-state index in [1.54, 1.807) is 14.2 Å². The van der Waals surface area contributed by atoms with Gasteiger partial charge >= 0.3 is 0 Å². The minimum Gasteiger partial charge on any atom is -0.507 e. The fourth-order valence-corrected chi connectivity index (χ4v) is 4.32. The van der Waals surface area contributed by atoms with Crippen molar-refractivity contribution in [2.45, 2.75) is 12.5 Å². The number of anilines is 1. The average molecular weight is 425 g/mol. The van der Waals surface area contributed by atoms with Gasteiger partial charge in [-0.15, -0.1) is 0 Å². The molecule has 32 heavy (non-hydrogen) atoms. The van der Waals surface area contributed by atoms with Gasteiger partial charge in [0.2, 0.25) is 0 Å². The Morgan fingerprint density at radius 2 is 1.59 bits per heavy atom. The second-order valence-corrected chi connectivity index (χ2v) is 7.73. The number of hydrogen-bond acceptors (Lipinski definition) is 5. The van der Waals surface area contributed by atoms with E-state index in [2.05, 4.69) is 6.07 Å². The maximum absolute atomic E-state index is 11.1. The number of benzene rings is 4. The van der Waals surface area contributed by atoms with Gasteiger partial charge in [0, 0.05) is 22.9 Å². The fraction of sp³-hybridized carbons (Fsp3) is 0.148. The first-order chi connectivity index (χ1) is 15.7. The van der Waals surface area contributed by atoms with E-state index in [-0.39, 0.29) is 11.8 Å². The first-order valence-electron chi connectivity index (χ1n) is 10.5. The average Bonchev–Trinajstić information content (AvgIpc) is 3.29. The van der Waals surface area contributed by atoms with Crippen LogP contribution in [0, 0.1) is 0 Å². The number of fused-ring (bicyclic) bond motifs is 1. The second-order valence-electron chi connectivity index (χ2n) is 7.73. The molecule has 1 aliphatic rings. The molecular weight excluding hydrogens is 400 g/mol. The molecule has 4 aromatic rings. The van der Waals surface area contributed by atoms with Crippen molar-refractivity contribution >= 4 is 22.2 Å². The molecule has 1 unspecified atom stereocenters. The molecule has 1 aliphatic heterocycles. The summed E-state index contributed by atoms with van der Waals surface area (Å²) in [7, 11) is 3.34. The van der Waals surface area contributed by atoms with Crippen LogP contribution < -0.4 is 14.5 Å². The Labute approximate surface area is 187 Å². The molecule has 1 heterocycles. The molecule has 0 radical (unpaired) electrons. The molecule has 0 aliphatic carbocycles. The topological polar surface area (TPSA) is 54.3 Å². The van der Waals surface area contributed by atoms with Crippen molar-refractivity contribution in [3.05, 3.63) is 96.1 Å². The van der Waals surface area contributed by atoms with Crippen LogP contribution in [0.5, 0.6) is 17.2 Å². The first-order valence-corrected chi connectivity index (χ1v) is 10.5. The molecule has 160 valence electrons. The van der Waals surface area contributed by atoms with Crippen molar-refractivity contribution in [3.8, 4) is 17.2 Å². The fourth-order valence-electron chi connectivity index (χ4n) is 4.32. The molecule has 0 saturated carbocycles. The standard InChI is InChI=1S/C27H24N2O3/c1-31-20-14-12-19(13-15-20)29-25(23-9-5-6-10-26(23)32-2)17-24(28-29)22-16-11-18-7-3-4-8-21(18)27(22)30/h3-16,25,30H,17H2,1-2H3.